The zero-order chi connectivity index (χ0) is 25.0. The summed E-state index contributed by atoms with van der Waals surface area (Å²) in [5.74, 6) is 0. The normalized spacial score (nSPS) is 10.6. The number of carbonyl (C=O) groups excluding carboxylic acids is 2. The predicted octanol–water partition coefficient (Wildman–Crippen LogP) is 6.44. The Balaban J connectivity index is 1.03. The Morgan fingerprint density at radius 1 is 0.611 bits per heavy atom. The summed E-state index contributed by atoms with van der Waals surface area (Å²) in [5, 5.41) is 16.3. The molecule has 0 spiro atoms. The molecule has 0 unspecified atom stereocenters. The molecule has 10 heteroatoms. The topological polar surface area (TPSA) is 108 Å². The van der Waals surface area contributed by atoms with Gasteiger partial charge in [-0.3, -0.25) is 10.6 Å². The molecule has 0 aliphatic heterocycles. The molecule has 4 N–H and O–H groups in total. The maximum absolute atomic E-state index is 12.1. The van der Waals surface area contributed by atoms with Crippen molar-refractivity contribution in [2.75, 3.05) is 23.7 Å². The van der Waals surface area contributed by atoms with Gasteiger partial charge in [0, 0.05) is 35.0 Å². The second-order valence-corrected chi connectivity index (χ2v) is 9.70. The Labute approximate surface area is 218 Å². The van der Waals surface area contributed by atoms with Crippen molar-refractivity contribution in [3.8, 4) is 22.5 Å². The van der Waals surface area contributed by atoms with Crippen LogP contribution < -0.4 is 21.3 Å². The van der Waals surface area contributed by atoms with Crippen molar-refractivity contribution in [2.45, 2.75) is 25.7 Å². The van der Waals surface area contributed by atoms with E-state index in [4.69, 9.17) is 0 Å². The largest absolute Gasteiger partial charge is 0.338 e. The van der Waals surface area contributed by atoms with E-state index < -0.39 is 0 Å². The lowest BCUT2D eigenvalue weighted by molar-refractivity contribution is 0.250. The highest BCUT2D eigenvalue weighted by Gasteiger charge is 2.08. The van der Waals surface area contributed by atoms with Crippen molar-refractivity contribution < 1.29 is 9.59 Å². The number of carbonyl (C=O) groups is 2. The first-order valence-corrected chi connectivity index (χ1v) is 13.5. The van der Waals surface area contributed by atoms with Crippen LogP contribution in [0.15, 0.2) is 71.4 Å². The van der Waals surface area contributed by atoms with Gasteiger partial charge in [0.2, 0.25) is 0 Å². The van der Waals surface area contributed by atoms with Crippen LogP contribution in [-0.4, -0.2) is 35.1 Å². The molecule has 0 radical (unpaired) electrons. The maximum Gasteiger partial charge on any atom is 0.321 e. The minimum absolute atomic E-state index is 0.250. The van der Waals surface area contributed by atoms with Crippen LogP contribution in [0.5, 0.6) is 0 Å². The number of nitrogens with zero attached hydrogens (tertiary/aromatic N) is 2. The summed E-state index contributed by atoms with van der Waals surface area (Å²) in [6, 6.07) is 19.2. The van der Waals surface area contributed by atoms with Crippen molar-refractivity contribution in [3.63, 3.8) is 0 Å². The molecule has 2 aromatic carbocycles. The van der Waals surface area contributed by atoms with E-state index in [9.17, 15) is 9.59 Å². The van der Waals surface area contributed by atoms with Crippen LogP contribution in [-0.2, 0) is 0 Å². The van der Waals surface area contributed by atoms with Gasteiger partial charge in [0.25, 0.3) is 0 Å². The third-order valence-corrected chi connectivity index (χ3v) is 6.78. The van der Waals surface area contributed by atoms with Gasteiger partial charge in [0.15, 0.2) is 10.3 Å². The fraction of sp³-hybridized carbons (Fsp3) is 0.231. The summed E-state index contributed by atoms with van der Waals surface area (Å²) in [6.45, 7) is 1.18. The zero-order valence-corrected chi connectivity index (χ0v) is 21.3. The molecule has 2 heterocycles. The molecule has 0 fully saturated rings. The summed E-state index contributed by atoms with van der Waals surface area (Å²) in [6.07, 6.45) is 3.67. The Bertz CT molecular complexity index is 1150. The van der Waals surface area contributed by atoms with Crippen molar-refractivity contribution in [1.82, 2.24) is 20.6 Å². The lowest BCUT2D eigenvalue weighted by Crippen LogP contribution is -2.30. The highest BCUT2D eigenvalue weighted by atomic mass is 32.1. The smallest absolute Gasteiger partial charge is 0.321 e. The third-order valence-electron chi connectivity index (χ3n) is 5.26. The number of thiazole rings is 2. The SMILES string of the molecule is O=C(NCCCCCCNC(=O)Nc1nc(-c2ccccc2)cs1)Nc1nc(-c2ccccc2)cs1. The van der Waals surface area contributed by atoms with Gasteiger partial charge in [0.1, 0.15) is 0 Å². The quantitative estimate of drug-likeness (QED) is 0.171. The Kier molecular flexibility index (Phi) is 9.40. The molecular formula is C26H28N6O2S2. The van der Waals surface area contributed by atoms with Crippen molar-refractivity contribution in [2.24, 2.45) is 0 Å². The molecule has 2 aromatic heterocycles. The second kappa shape index (κ2) is 13.4. The van der Waals surface area contributed by atoms with Crippen LogP contribution in [0, 0.1) is 0 Å². The second-order valence-electron chi connectivity index (χ2n) is 7.98. The number of unbranched alkanes of at least 4 members (excludes halogenated alkanes) is 3. The lowest BCUT2D eigenvalue weighted by atomic mass is 10.2. The fourth-order valence-corrected chi connectivity index (χ4v) is 4.86. The summed E-state index contributed by atoms with van der Waals surface area (Å²) < 4.78 is 0. The molecule has 0 bridgehead atoms. The van der Waals surface area contributed by atoms with Crippen molar-refractivity contribution in [1.29, 1.82) is 0 Å². The van der Waals surface area contributed by atoms with E-state index >= 15 is 0 Å². The highest BCUT2D eigenvalue weighted by Crippen LogP contribution is 2.25. The van der Waals surface area contributed by atoms with Gasteiger partial charge >= 0.3 is 12.1 Å². The van der Waals surface area contributed by atoms with Crippen LogP contribution >= 0.6 is 22.7 Å². The summed E-state index contributed by atoms with van der Waals surface area (Å²) in [7, 11) is 0. The number of amides is 4. The van der Waals surface area contributed by atoms with Gasteiger partial charge in [-0.2, -0.15) is 0 Å². The molecule has 8 nitrogen and oxygen atoms in total. The Morgan fingerprint density at radius 2 is 1.03 bits per heavy atom. The van der Waals surface area contributed by atoms with Gasteiger partial charge in [-0.1, -0.05) is 73.5 Å². The number of hydrogen-bond donors (Lipinski definition) is 4. The fourth-order valence-electron chi connectivity index (χ4n) is 3.44. The average Bonchev–Trinajstić information content (AvgIpc) is 3.56. The molecular weight excluding hydrogens is 492 g/mol. The first kappa shape index (κ1) is 25.3. The van der Waals surface area contributed by atoms with Crippen LogP contribution in [0.4, 0.5) is 19.9 Å². The van der Waals surface area contributed by atoms with Crippen LogP contribution in [0.2, 0.25) is 0 Å². The van der Waals surface area contributed by atoms with Gasteiger partial charge in [-0.05, 0) is 12.8 Å². The Morgan fingerprint density at radius 3 is 1.44 bits per heavy atom. The molecule has 186 valence electrons. The van der Waals surface area contributed by atoms with Crippen LogP contribution in [0.1, 0.15) is 25.7 Å². The summed E-state index contributed by atoms with van der Waals surface area (Å²) in [4.78, 5) is 33.1. The van der Waals surface area contributed by atoms with Gasteiger partial charge in [-0.15, -0.1) is 22.7 Å². The number of anilines is 2. The van der Waals surface area contributed by atoms with Crippen molar-refractivity contribution >= 4 is 45.0 Å². The van der Waals surface area contributed by atoms with E-state index in [0.717, 1.165) is 48.2 Å². The first-order chi connectivity index (χ1) is 17.7. The van der Waals surface area contributed by atoms with E-state index in [1.807, 2.05) is 71.4 Å². The molecule has 4 amide bonds. The number of hydrogen-bond acceptors (Lipinski definition) is 6. The van der Waals surface area contributed by atoms with Crippen molar-refractivity contribution in [3.05, 3.63) is 71.4 Å². The van der Waals surface area contributed by atoms with Gasteiger partial charge in [0.05, 0.1) is 11.4 Å². The third kappa shape index (κ3) is 7.89. The van der Waals surface area contributed by atoms with Gasteiger partial charge < -0.3 is 10.6 Å². The standard InChI is InChI=1S/C26H28N6O2S2/c33-23(31-25-29-21(17-35-25)19-11-5-3-6-12-19)27-15-9-1-2-10-16-28-24(34)32-26-30-22(18-36-26)20-13-7-4-8-14-20/h3-8,11-14,17-18H,1-2,9-10,15-16H2,(H2,27,29,31,33)(H2,28,30,32,34). The molecule has 36 heavy (non-hydrogen) atoms. The van der Waals surface area contributed by atoms with Crippen LogP contribution in [0.3, 0.4) is 0 Å². The molecule has 0 aliphatic carbocycles. The maximum atomic E-state index is 12.1. The Hall–Kier alpha value is -3.76. The molecule has 0 aliphatic rings. The van der Waals surface area contributed by atoms with E-state index in [-0.39, 0.29) is 12.1 Å². The number of urea groups is 2. The van der Waals surface area contributed by atoms with Gasteiger partial charge in [-0.25, -0.2) is 19.6 Å². The minimum Gasteiger partial charge on any atom is -0.338 e. The highest BCUT2D eigenvalue weighted by molar-refractivity contribution is 7.14. The monoisotopic (exact) mass is 520 g/mol. The number of benzene rings is 2. The number of aromatic nitrogens is 2. The van der Waals surface area contributed by atoms with E-state index in [1.54, 1.807) is 0 Å². The van der Waals surface area contributed by atoms with E-state index in [2.05, 4.69) is 31.2 Å². The molecule has 4 aromatic rings. The first-order valence-electron chi connectivity index (χ1n) is 11.8. The van der Waals surface area contributed by atoms with E-state index in [0.29, 0.717) is 23.4 Å². The minimum atomic E-state index is -0.250. The van der Waals surface area contributed by atoms with E-state index in [1.165, 1.54) is 22.7 Å². The molecule has 4 rings (SSSR count). The predicted molar refractivity (Wildman–Crippen MR) is 148 cm³/mol. The molecule has 0 saturated heterocycles. The lowest BCUT2D eigenvalue weighted by Gasteiger charge is -2.07. The number of rotatable bonds is 11. The van der Waals surface area contributed by atoms with Crippen LogP contribution in [0.25, 0.3) is 22.5 Å². The molecule has 0 saturated carbocycles. The summed E-state index contributed by atoms with van der Waals surface area (Å²) >= 11 is 2.80. The molecule has 0 atom stereocenters. The zero-order valence-electron chi connectivity index (χ0n) is 19.7. The average molecular weight is 521 g/mol. The number of nitrogens with one attached hydrogen (secondary N) is 4. The summed E-state index contributed by atoms with van der Waals surface area (Å²) in [5.41, 5.74) is 3.74.